The molecule has 1 amide bonds. The van der Waals surface area contributed by atoms with E-state index in [9.17, 15) is 13.2 Å². The smallest absolute Gasteiger partial charge is 0.223 e. The number of hydrogen-bond donors (Lipinski definition) is 1. The number of halogens is 1. The molecule has 1 aromatic rings. The Morgan fingerprint density at radius 1 is 1.20 bits per heavy atom. The van der Waals surface area contributed by atoms with Crippen molar-refractivity contribution in [2.24, 2.45) is 5.92 Å². The highest BCUT2D eigenvalue weighted by Gasteiger charge is 2.30. The molecular weight excluding hydrogens is 404 g/mol. The molecule has 1 fully saturated rings. The van der Waals surface area contributed by atoms with E-state index in [1.54, 1.807) is 0 Å². The van der Waals surface area contributed by atoms with Crippen LogP contribution in [0.1, 0.15) is 44.6 Å². The van der Waals surface area contributed by atoms with Crippen LogP contribution in [0.2, 0.25) is 0 Å². The number of unbranched alkanes of at least 4 members (excludes halogenated alkanes) is 2. The zero-order valence-electron chi connectivity index (χ0n) is 14.7. The molecule has 0 spiro atoms. The standard InChI is InChI=1S/C18H27BrN2O3S/c1-2-3-4-11-20-18(22)16-9-12-21(13-10-16)25(23,24)14-15-5-7-17(19)8-6-15/h5-8,16H,2-4,9-14H2,1H3,(H,20,22). The number of nitrogens with one attached hydrogen (secondary N) is 1. The Morgan fingerprint density at radius 3 is 2.44 bits per heavy atom. The maximum Gasteiger partial charge on any atom is 0.223 e. The second-order valence-electron chi connectivity index (χ2n) is 6.55. The van der Waals surface area contributed by atoms with Gasteiger partial charge in [0.15, 0.2) is 0 Å². The van der Waals surface area contributed by atoms with Crippen molar-refractivity contribution >= 4 is 31.9 Å². The molecule has 1 N–H and O–H groups in total. The summed E-state index contributed by atoms with van der Waals surface area (Å²) in [4.78, 5) is 12.2. The third-order valence-electron chi connectivity index (χ3n) is 4.56. The van der Waals surface area contributed by atoms with Crippen molar-refractivity contribution in [3.63, 3.8) is 0 Å². The number of amides is 1. The first-order chi connectivity index (χ1) is 11.9. The van der Waals surface area contributed by atoms with E-state index in [1.807, 2.05) is 24.3 Å². The highest BCUT2D eigenvalue weighted by Crippen LogP contribution is 2.22. The van der Waals surface area contributed by atoms with Gasteiger partial charge in [0, 0.05) is 30.0 Å². The topological polar surface area (TPSA) is 66.5 Å². The molecule has 1 saturated heterocycles. The lowest BCUT2D eigenvalue weighted by molar-refractivity contribution is -0.126. The predicted octanol–water partition coefficient (Wildman–Crippen LogP) is 3.30. The van der Waals surface area contributed by atoms with Crippen molar-refractivity contribution in [2.45, 2.75) is 44.8 Å². The van der Waals surface area contributed by atoms with Crippen molar-refractivity contribution in [2.75, 3.05) is 19.6 Å². The molecule has 2 rings (SSSR count). The largest absolute Gasteiger partial charge is 0.356 e. The van der Waals surface area contributed by atoms with Gasteiger partial charge in [-0.2, -0.15) is 0 Å². The number of hydrogen-bond acceptors (Lipinski definition) is 3. The predicted molar refractivity (Wildman–Crippen MR) is 104 cm³/mol. The van der Waals surface area contributed by atoms with Crippen LogP contribution in [0.4, 0.5) is 0 Å². The van der Waals surface area contributed by atoms with Crippen LogP contribution in [-0.4, -0.2) is 38.3 Å². The second-order valence-corrected chi connectivity index (χ2v) is 9.44. The summed E-state index contributed by atoms with van der Waals surface area (Å²) in [7, 11) is -3.34. The zero-order valence-corrected chi connectivity index (χ0v) is 17.1. The van der Waals surface area contributed by atoms with Gasteiger partial charge in [0.05, 0.1) is 5.75 Å². The molecule has 1 aliphatic rings. The monoisotopic (exact) mass is 430 g/mol. The molecular formula is C18H27BrN2O3S. The van der Waals surface area contributed by atoms with Gasteiger partial charge in [-0.25, -0.2) is 12.7 Å². The molecule has 0 saturated carbocycles. The van der Waals surface area contributed by atoms with Crippen LogP contribution in [0.5, 0.6) is 0 Å². The Hall–Kier alpha value is -0.920. The Kier molecular flexibility index (Phi) is 7.90. The Morgan fingerprint density at radius 2 is 1.84 bits per heavy atom. The van der Waals surface area contributed by atoms with Crippen LogP contribution in [0.25, 0.3) is 0 Å². The molecule has 5 nitrogen and oxygen atoms in total. The second kappa shape index (κ2) is 9.69. The third kappa shape index (κ3) is 6.38. The summed E-state index contributed by atoms with van der Waals surface area (Å²) in [6, 6.07) is 7.33. The fourth-order valence-corrected chi connectivity index (χ4v) is 4.84. The Balaban J connectivity index is 1.82. The van der Waals surface area contributed by atoms with Gasteiger partial charge < -0.3 is 5.32 Å². The number of nitrogens with zero attached hydrogens (tertiary/aromatic N) is 1. The maximum atomic E-state index is 12.6. The van der Waals surface area contributed by atoms with Crippen LogP contribution in [-0.2, 0) is 20.6 Å². The lowest BCUT2D eigenvalue weighted by Crippen LogP contribution is -2.43. The number of carbonyl (C=O) groups is 1. The average molecular weight is 431 g/mol. The first-order valence-electron chi connectivity index (χ1n) is 8.92. The van der Waals surface area contributed by atoms with E-state index >= 15 is 0 Å². The van der Waals surface area contributed by atoms with Gasteiger partial charge in [0.1, 0.15) is 0 Å². The van der Waals surface area contributed by atoms with Crippen molar-refractivity contribution in [3.05, 3.63) is 34.3 Å². The van der Waals surface area contributed by atoms with Crippen LogP contribution in [0, 0.1) is 5.92 Å². The minimum atomic E-state index is -3.34. The van der Waals surface area contributed by atoms with Crippen molar-refractivity contribution < 1.29 is 13.2 Å². The van der Waals surface area contributed by atoms with E-state index in [2.05, 4.69) is 28.2 Å². The third-order valence-corrected chi connectivity index (χ3v) is 6.94. The van der Waals surface area contributed by atoms with Gasteiger partial charge in [0.25, 0.3) is 0 Å². The van der Waals surface area contributed by atoms with E-state index in [4.69, 9.17) is 0 Å². The minimum Gasteiger partial charge on any atom is -0.356 e. The summed E-state index contributed by atoms with van der Waals surface area (Å²) in [5.41, 5.74) is 0.777. The van der Waals surface area contributed by atoms with E-state index in [1.165, 1.54) is 4.31 Å². The zero-order chi connectivity index (χ0) is 18.3. The SMILES string of the molecule is CCCCCNC(=O)C1CCN(S(=O)(=O)Cc2ccc(Br)cc2)CC1. The molecule has 0 unspecified atom stereocenters. The molecule has 25 heavy (non-hydrogen) atoms. The molecule has 0 aliphatic carbocycles. The number of rotatable bonds is 8. The van der Waals surface area contributed by atoms with E-state index in [-0.39, 0.29) is 17.6 Å². The number of carbonyl (C=O) groups excluding carboxylic acids is 1. The van der Waals surface area contributed by atoms with Gasteiger partial charge in [-0.3, -0.25) is 4.79 Å². The number of piperidine rings is 1. The minimum absolute atomic E-state index is 0.00810. The van der Waals surface area contributed by atoms with Crippen LogP contribution >= 0.6 is 15.9 Å². The number of sulfonamides is 1. The normalized spacial score (nSPS) is 16.7. The lowest BCUT2D eigenvalue weighted by atomic mass is 9.97. The van der Waals surface area contributed by atoms with Gasteiger partial charge in [-0.15, -0.1) is 0 Å². The summed E-state index contributed by atoms with van der Waals surface area (Å²) in [6.07, 6.45) is 4.44. The van der Waals surface area contributed by atoms with Crippen molar-refractivity contribution in [1.82, 2.24) is 9.62 Å². The highest BCUT2D eigenvalue weighted by molar-refractivity contribution is 9.10. The molecule has 1 aliphatic heterocycles. The van der Waals surface area contributed by atoms with Gasteiger partial charge in [0.2, 0.25) is 15.9 Å². The van der Waals surface area contributed by atoms with E-state index in [0.717, 1.165) is 35.8 Å². The first kappa shape index (κ1) is 20.4. The molecule has 1 heterocycles. The summed E-state index contributed by atoms with van der Waals surface area (Å²) in [5.74, 6) is 0.00978. The van der Waals surface area contributed by atoms with E-state index in [0.29, 0.717) is 25.9 Å². The molecule has 0 bridgehead atoms. The fraction of sp³-hybridized carbons (Fsp3) is 0.611. The summed E-state index contributed by atoms with van der Waals surface area (Å²) in [6.45, 7) is 3.69. The fourth-order valence-electron chi connectivity index (χ4n) is 3.01. The molecule has 7 heteroatoms. The molecule has 0 aromatic heterocycles. The van der Waals surface area contributed by atoms with E-state index < -0.39 is 10.0 Å². The van der Waals surface area contributed by atoms with Crippen molar-refractivity contribution in [3.8, 4) is 0 Å². The maximum absolute atomic E-state index is 12.6. The number of benzene rings is 1. The van der Waals surface area contributed by atoms with Gasteiger partial charge >= 0.3 is 0 Å². The quantitative estimate of drug-likeness (QED) is 0.643. The Labute approximate surface area is 159 Å². The highest BCUT2D eigenvalue weighted by atomic mass is 79.9. The van der Waals surface area contributed by atoms with Crippen molar-refractivity contribution in [1.29, 1.82) is 0 Å². The first-order valence-corrected chi connectivity index (χ1v) is 11.3. The Bertz CT molecular complexity index is 653. The molecule has 0 radical (unpaired) electrons. The van der Waals surface area contributed by atoms with Crippen LogP contribution < -0.4 is 5.32 Å². The summed E-state index contributed by atoms with van der Waals surface area (Å²) in [5, 5.41) is 2.97. The molecule has 140 valence electrons. The average Bonchev–Trinajstić information content (AvgIpc) is 2.60. The summed E-state index contributed by atoms with van der Waals surface area (Å²) < 4.78 is 27.6. The molecule has 1 aromatic carbocycles. The van der Waals surface area contributed by atoms with Gasteiger partial charge in [-0.05, 0) is 37.0 Å². The molecule has 0 atom stereocenters. The summed E-state index contributed by atoms with van der Waals surface area (Å²) >= 11 is 3.35. The van der Waals surface area contributed by atoms with Crippen LogP contribution in [0.15, 0.2) is 28.7 Å². The van der Waals surface area contributed by atoms with Gasteiger partial charge in [-0.1, -0.05) is 47.8 Å². The van der Waals surface area contributed by atoms with Crippen LogP contribution in [0.3, 0.4) is 0 Å². The lowest BCUT2D eigenvalue weighted by Gasteiger charge is -2.30.